The number of amides is 2. The summed E-state index contributed by atoms with van der Waals surface area (Å²) in [6.45, 7) is 0. The summed E-state index contributed by atoms with van der Waals surface area (Å²) in [6, 6.07) is 19.8. The number of nitrogens with one attached hydrogen (secondary N) is 2. The zero-order valence-corrected chi connectivity index (χ0v) is 18.8. The molecule has 4 aromatic rings. The van der Waals surface area contributed by atoms with Gasteiger partial charge in [-0.2, -0.15) is 0 Å². The van der Waals surface area contributed by atoms with Gasteiger partial charge in [0.2, 0.25) is 0 Å². The molecular formula is C21H13Br2N3O2S. The number of benzene rings is 3. The van der Waals surface area contributed by atoms with Crippen LogP contribution in [0.5, 0.6) is 0 Å². The summed E-state index contributed by atoms with van der Waals surface area (Å²) in [4.78, 5) is 29.3. The SMILES string of the molecule is O=C(Nc1ccc2nc(NC(=O)c3cccc(Br)c3)sc2c1)c1cccc(Br)c1. The van der Waals surface area contributed by atoms with E-state index < -0.39 is 0 Å². The summed E-state index contributed by atoms with van der Waals surface area (Å²) in [5, 5.41) is 6.21. The highest BCUT2D eigenvalue weighted by molar-refractivity contribution is 9.10. The molecule has 5 nitrogen and oxygen atoms in total. The Bertz CT molecular complexity index is 1180. The molecule has 0 radical (unpaired) electrons. The third kappa shape index (κ3) is 4.72. The molecule has 0 unspecified atom stereocenters. The highest BCUT2D eigenvalue weighted by atomic mass is 79.9. The van der Waals surface area contributed by atoms with Crippen molar-refractivity contribution in [2.75, 3.05) is 10.6 Å². The van der Waals surface area contributed by atoms with E-state index in [0.717, 1.165) is 19.2 Å². The Labute approximate surface area is 187 Å². The van der Waals surface area contributed by atoms with Crippen LogP contribution in [0.3, 0.4) is 0 Å². The van der Waals surface area contributed by atoms with Crippen LogP contribution in [0.1, 0.15) is 20.7 Å². The van der Waals surface area contributed by atoms with Crippen LogP contribution in [0.15, 0.2) is 75.7 Å². The van der Waals surface area contributed by atoms with Gasteiger partial charge in [-0.25, -0.2) is 4.98 Å². The van der Waals surface area contributed by atoms with Crippen LogP contribution in [0.4, 0.5) is 10.8 Å². The van der Waals surface area contributed by atoms with Gasteiger partial charge in [0.05, 0.1) is 10.2 Å². The summed E-state index contributed by atoms with van der Waals surface area (Å²) in [7, 11) is 0. The summed E-state index contributed by atoms with van der Waals surface area (Å²) >= 11 is 8.08. The first-order valence-electron chi connectivity index (χ1n) is 8.52. The molecule has 4 rings (SSSR count). The Morgan fingerprint density at radius 1 is 0.793 bits per heavy atom. The maximum Gasteiger partial charge on any atom is 0.257 e. The molecule has 2 N–H and O–H groups in total. The number of fused-ring (bicyclic) bond motifs is 1. The smallest absolute Gasteiger partial charge is 0.257 e. The fraction of sp³-hybridized carbons (Fsp3) is 0. The Hall–Kier alpha value is -2.55. The lowest BCUT2D eigenvalue weighted by Gasteiger charge is -2.05. The topological polar surface area (TPSA) is 71.1 Å². The lowest BCUT2D eigenvalue weighted by molar-refractivity contribution is 0.101. The van der Waals surface area contributed by atoms with E-state index in [-0.39, 0.29) is 11.8 Å². The third-order valence-electron chi connectivity index (χ3n) is 4.04. The predicted molar refractivity (Wildman–Crippen MR) is 124 cm³/mol. The number of hydrogen-bond acceptors (Lipinski definition) is 4. The van der Waals surface area contributed by atoms with E-state index in [1.165, 1.54) is 11.3 Å². The maximum atomic E-state index is 12.4. The fourth-order valence-electron chi connectivity index (χ4n) is 2.69. The molecule has 3 aromatic carbocycles. The Morgan fingerprint density at radius 3 is 2.03 bits per heavy atom. The minimum Gasteiger partial charge on any atom is -0.322 e. The average molecular weight is 531 g/mol. The number of carbonyl (C=O) groups excluding carboxylic acids is 2. The molecule has 2 amide bonds. The molecule has 0 aliphatic rings. The molecule has 8 heteroatoms. The van der Waals surface area contributed by atoms with Gasteiger partial charge in [0.15, 0.2) is 5.13 Å². The Balaban J connectivity index is 1.51. The van der Waals surface area contributed by atoms with Crippen LogP contribution >= 0.6 is 43.2 Å². The molecule has 0 aliphatic heterocycles. The van der Waals surface area contributed by atoms with E-state index in [0.29, 0.717) is 21.9 Å². The molecule has 29 heavy (non-hydrogen) atoms. The second kappa shape index (κ2) is 8.44. The summed E-state index contributed by atoms with van der Waals surface area (Å²) in [5.41, 5.74) is 2.52. The van der Waals surface area contributed by atoms with Crippen molar-refractivity contribution in [2.24, 2.45) is 0 Å². The second-order valence-electron chi connectivity index (χ2n) is 6.13. The van der Waals surface area contributed by atoms with Crippen LogP contribution < -0.4 is 10.6 Å². The molecule has 0 aliphatic carbocycles. The van der Waals surface area contributed by atoms with Crippen LogP contribution in [-0.2, 0) is 0 Å². The number of carbonyl (C=O) groups is 2. The van der Waals surface area contributed by atoms with Gasteiger partial charge in [-0.3, -0.25) is 14.9 Å². The van der Waals surface area contributed by atoms with Gasteiger partial charge in [-0.15, -0.1) is 0 Å². The molecular weight excluding hydrogens is 518 g/mol. The molecule has 1 aromatic heterocycles. The van der Waals surface area contributed by atoms with E-state index in [1.807, 2.05) is 30.3 Å². The van der Waals surface area contributed by atoms with Crippen molar-refractivity contribution in [1.82, 2.24) is 4.98 Å². The summed E-state index contributed by atoms with van der Waals surface area (Å²) in [6.07, 6.45) is 0. The van der Waals surface area contributed by atoms with E-state index in [9.17, 15) is 9.59 Å². The minimum absolute atomic E-state index is 0.196. The normalized spacial score (nSPS) is 10.7. The molecule has 0 bridgehead atoms. The molecule has 1 heterocycles. The van der Waals surface area contributed by atoms with Crippen LogP contribution in [0.25, 0.3) is 10.2 Å². The van der Waals surface area contributed by atoms with E-state index >= 15 is 0 Å². The fourth-order valence-corrected chi connectivity index (χ4v) is 4.39. The number of aromatic nitrogens is 1. The van der Waals surface area contributed by atoms with Gasteiger partial charge in [-0.05, 0) is 54.6 Å². The standard InChI is InChI=1S/C21H13Br2N3O2S/c22-14-5-1-3-12(9-14)19(27)24-16-7-8-17-18(11-16)29-21(25-17)26-20(28)13-4-2-6-15(23)10-13/h1-11H,(H,24,27)(H,25,26,28). The van der Waals surface area contributed by atoms with E-state index in [2.05, 4.69) is 47.5 Å². The summed E-state index contributed by atoms with van der Waals surface area (Å²) < 4.78 is 2.54. The first-order valence-corrected chi connectivity index (χ1v) is 10.9. The molecule has 144 valence electrons. The average Bonchev–Trinajstić information content (AvgIpc) is 3.09. The number of thiazole rings is 1. The van der Waals surface area contributed by atoms with Crippen molar-refractivity contribution in [3.05, 3.63) is 86.8 Å². The minimum atomic E-state index is -0.228. The van der Waals surface area contributed by atoms with E-state index in [4.69, 9.17) is 0 Å². The largest absolute Gasteiger partial charge is 0.322 e. The van der Waals surface area contributed by atoms with Crippen molar-refractivity contribution in [3.8, 4) is 0 Å². The van der Waals surface area contributed by atoms with Gasteiger partial charge in [-0.1, -0.05) is 55.3 Å². The molecule has 0 saturated carbocycles. The molecule has 0 spiro atoms. The maximum absolute atomic E-state index is 12.4. The Kier molecular flexibility index (Phi) is 5.75. The highest BCUT2D eigenvalue weighted by Gasteiger charge is 2.12. The molecule has 0 atom stereocenters. The van der Waals surface area contributed by atoms with E-state index in [1.54, 1.807) is 36.4 Å². The van der Waals surface area contributed by atoms with Crippen molar-refractivity contribution in [2.45, 2.75) is 0 Å². The van der Waals surface area contributed by atoms with Gasteiger partial charge >= 0.3 is 0 Å². The summed E-state index contributed by atoms with van der Waals surface area (Å²) in [5.74, 6) is -0.424. The third-order valence-corrected chi connectivity index (χ3v) is 5.96. The van der Waals surface area contributed by atoms with Crippen molar-refractivity contribution in [1.29, 1.82) is 0 Å². The van der Waals surface area contributed by atoms with Gasteiger partial charge in [0.25, 0.3) is 11.8 Å². The van der Waals surface area contributed by atoms with Crippen molar-refractivity contribution < 1.29 is 9.59 Å². The van der Waals surface area contributed by atoms with Gasteiger partial charge < -0.3 is 5.32 Å². The first-order chi connectivity index (χ1) is 14.0. The second-order valence-corrected chi connectivity index (χ2v) is 8.99. The van der Waals surface area contributed by atoms with Crippen LogP contribution in [0.2, 0.25) is 0 Å². The lowest BCUT2D eigenvalue weighted by atomic mass is 10.2. The highest BCUT2D eigenvalue weighted by Crippen LogP contribution is 2.29. The zero-order valence-electron chi connectivity index (χ0n) is 14.8. The lowest BCUT2D eigenvalue weighted by Crippen LogP contribution is -2.11. The van der Waals surface area contributed by atoms with Gasteiger partial charge in [0.1, 0.15) is 0 Å². The quantitative estimate of drug-likeness (QED) is 0.324. The number of nitrogens with zero attached hydrogens (tertiary/aromatic N) is 1. The number of hydrogen-bond donors (Lipinski definition) is 2. The first kappa shape index (κ1) is 19.8. The monoisotopic (exact) mass is 529 g/mol. The van der Waals surface area contributed by atoms with Crippen molar-refractivity contribution >= 4 is 76.0 Å². The van der Waals surface area contributed by atoms with Crippen LogP contribution in [0, 0.1) is 0 Å². The molecule has 0 fully saturated rings. The number of anilines is 2. The van der Waals surface area contributed by atoms with Crippen molar-refractivity contribution in [3.63, 3.8) is 0 Å². The molecule has 0 saturated heterocycles. The zero-order chi connectivity index (χ0) is 20.4. The number of halogens is 2. The van der Waals surface area contributed by atoms with Gasteiger partial charge in [0, 0.05) is 25.8 Å². The predicted octanol–water partition coefficient (Wildman–Crippen LogP) is 6.33. The number of rotatable bonds is 4. The Morgan fingerprint density at radius 2 is 1.41 bits per heavy atom. The van der Waals surface area contributed by atoms with Crippen LogP contribution in [-0.4, -0.2) is 16.8 Å².